The number of hydrogen-bond donors (Lipinski definition) is 1. The Bertz CT molecular complexity index is 880. The molecule has 3 rings (SSSR count). The minimum atomic E-state index is -1.18. The second-order valence-electron chi connectivity index (χ2n) is 4.64. The van der Waals surface area contributed by atoms with Crippen molar-refractivity contribution in [2.75, 3.05) is 11.9 Å². The number of ether oxygens (including phenoxy) is 1. The molecule has 7 heteroatoms. The van der Waals surface area contributed by atoms with E-state index in [4.69, 9.17) is 4.74 Å². The van der Waals surface area contributed by atoms with Gasteiger partial charge in [-0.1, -0.05) is 17.4 Å². The van der Waals surface area contributed by atoms with E-state index in [1.165, 1.54) is 23.5 Å². The van der Waals surface area contributed by atoms with Gasteiger partial charge in [0.05, 0.1) is 22.4 Å². The van der Waals surface area contributed by atoms with E-state index < -0.39 is 17.5 Å². The van der Waals surface area contributed by atoms with Gasteiger partial charge in [0.2, 0.25) is 0 Å². The number of hydrogen-bond acceptors (Lipinski definition) is 4. The van der Waals surface area contributed by atoms with Crippen LogP contribution in [0.4, 0.5) is 13.9 Å². The molecule has 0 aliphatic heterocycles. The Morgan fingerprint density at radius 2 is 2.13 bits per heavy atom. The SMILES string of the molecule is CCOc1ccc2nc(NC(=O)c3cccc(F)c3F)sc2c1. The van der Waals surface area contributed by atoms with Crippen molar-refractivity contribution in [2.45, 2.75) is 6.92 Å². The number of halogens is 2. The summed E-state index contributed by atoms with van der Waals surface area (Å²) in [4.78, 5) is 16.3. The summed E-state index contributed by atoms with van der Waals surface area (Å²) in [6.45, 7) is 2.43. The summed E-state index contributed by atoms with van der Waals surface area (Å²) in [7, 11) is 0. The summed E-state index contributed by atoms with van der Waals surface area (Å²) in [6.07, 6.45) is 0. The van der Waals surface area contributed by atoms with Gasteiger partial charge in [-0.05, 0) is 37.3 Å². The maximum Gasteiger partial charge on any atom is 0.260 e. The first-order chi connectivity index (χ1) is 11.1. The van der Waals surface area contributed by atoms with Crippen molar-refractivity contribution in [3.63, 3.8) is 0 Å². The van der Waals surface area contributed by atoms with Crippen LogP contribution in [-0.2, 0) is 0 Å². The van der Waals surface area contributed by atoms with Crippen LogP contribution in [0.15, 0.2) is 36.4 Å². The summed E-state index contributed by atoms with van der Waals surface area (Å²) in [5.74, 6) is -2.28. The van der Waals surface area contributed by atoms with Gasteiger partial charge in [0, 0.05) is 0 Å². The second-order valence-corrected chi connectivity index (χ2v) is 5.67. The molecule has 0 spiro atoms. The van der Waals surface area contributed by atoms with Gasteiger partial charge in [0.1, 0.15) is 5.75 Å². The molecule has 0 atom stereocenters. The predicted octanol–water partition coefficient (Wildman–Crippen LogP) is 4.23. The molecule has 1 amide bonds. The number of benzene rings is 2. The monoisotopic (exact) mass is 334 g/mol. The van der Waals surface area contributed by atoms with Crippen molar-refractivity contribution in [1.29, 1.82) is 0 Å². The number of carbonyl (C=O) groups excluding carboxylic acids is 1. The maximum atomic E-state index is 13.6. The van der Waals surface area contributed by atoms with Crippen LogP contribution in [0.3, 0.4) is 0 Å². The molecule has 0 bridgehead atoms. The minimum absolute atomic E-state index is 0.308. The molecule has 0 unspecified atom stereocenters. The van der Waals surface area contributed by atoms with E-state index in [2.05, 4.69) is 10.3 Å². The molecule has 0 saturated heterocycles. The van der Waals surface area contributed by atoms with Crippen molar-refractivity contribution in [1.82, 2.24) is 4.98 Å². The lowest BCUT2D eigenvalue weighted by molar-refractivity contribution is 0.102. The van der Waals surface area contributed by atoms with Crippen molar-refractivity contribution < 1.29 is 18.3 Å². The van der Waals surface area contributed by atoms with Crippen LogP contribution < -0.4 is 10.1 Å². The van der Waals surface area contributed by atoms with Gasteiger partial charge in [-0.25, -0.2) is 13.8 Å². The highest BCUT2D eigenvalue weighted by molar-refractivity contribution is 7.22. The van der Waals surface area contributed by atoms with Gasteiger partial charge in [-0.3, -0.25) is 10.1 Å². The van der Waals surface area contributed by atoms with Crippen LogP contribution in [-0.4, -0.2) is 17.5 Å². The molecular formula is C16H12F2N2O2S. The van der Waals surface area contributed by atoms with Gasteiger partial charge in [-0.2, -0.15) is 0 Å². The lowest BCUT2D eigenvalue weighted by atomic mass is 10.2. The Morgan fingerprint density at radius 3 is 2.91 bits per heavy atom. The molecule has 3 aromatic rings. The minimum Gasteiger partial charge on any atom is -0.494 e. The lowest BCUT2D eigenvalue weighted by Gasteiger charge is -2.03. The zero-order chi connectivity index (χ0) is 16.4. The summed E-state index contributed by atoms with van der Waals surface area (Å²) in [5, 5.41) is 2.80. The number of nitrogens with one attached hydrogen (secondary N) is 1. The number of amides is 1. The first-order valence-corrected chi connectivity index (χ1v) is 7.69. The fourth-order valence-electron chi connectivity index (χ4n) is 2.06. The van der Waals surface area contributed by atoms with Gasteiger partial charge in [0.15, 0.2) is 16.8 Å². The Balaban J connectivity index is 1.86. The van der Waals surface area contributed by atoms with E-state index in [1.807, 2.05) is 13.0 Å². The van der Waals surface area contributed by atoms with Crippen LogP contribution in [0.5, 0.6) is 5.75 Å². The molecule has 0 fully saturated rings. The van der Waals surface area contributed by atoms with E-state index in [9.17, 15) is 13.6 Å². The number of fused-ring (bicyclic) bond motifs is 1. The fraction of sp³-hybridized carbons (Fsp3) is 0.125. The number of rotatable bonds is 4. The normalized spacial score (nSPS) is 10.7. The summed E-state index contributed by atoms with van der Waals surface area (Å²) >= 11 is 1.23. The molecule has 23 heavy (non-hydrogen) atoms. The van der Waals surface area contributed by atoms with E-state index in [1.54, 1.807) is 12.1 Å². The van der Waals surface area contributed by atoms with Crippen molar-refractivity contribution in [3.05, 3.63) is 53.6 Å². The zero-order valence-electron chi connectivity index (χ0n) is 12.1. The summed E-state index contributed by atoms with van der Waals surface area (Å²) < 4.78 is 33.0. The van der Waals surface area contributed by atoms with Crippen LogP contribution in [0.2, 0.25) is 0 Å². The third-order valence-corrected chi connectivity index (χ3v) is 4.02. The molecule has 1 heterocycles. The molecule has 0 aliphatic rings. The molecule has 0 radical (unpaired) electrons. The highest BCUT2D eigenvalue weighted by atomic mass is 32.1. The van der Waals surface area contributed by atoms with Crippen molar-refractivity contribution >= 4 is 32.6 Å². The molecule has 0 aliphatic carbocycles. The summed E-state index contributed by atoms with van der Waals surface area (Å²) in [6, 6.07) is 8.82. The van der Waals surface area contributed by atoms with E-state index >= 15 is 0 Å². The highest BCUT2D eigenvalue weighted by Gasteiger charge is 2.16. The molecule has 0 saturated carbocycles. The van der Waals surface area contributed by atoms with Crippen LogP contribution in [0.1, 0.15) is 17.3 Å². The van der Waals surface area contributed by atoms with E-state index in [0.717, 1.165) is 10.8 Å². The van der Waals surface area contributed by atoms with Crippen molar-refractivity contribution in [3.8, 4) is 5.75 Å². The number of anilines is 1. The van der Waals surface area contributed by atoms with Gasteiger partial charge in [-0.15, -0.1) is 0 Å². The molecule has 4 nitrogen and oxygen atoms in total. The average Bonchev–Trinajstić information content (AvgIpc) is 2.91. The molecule has 1 aromatic heterocycles. The Labute approximate surface area is 134 Å². The number of aromatic nitrogens is 1. The number of nitrogens with zero attached hydrogens (tertiary/aromatic N) is 1. The lowest BCUT2D eigenvalue weighted by Crippen LogP contribution is -2.14. The van der Waals surface area contributed by atoms with E-state index in [-0.39, 0.29) is 5.56 Å². The maximum absolute atomic E-state index is 13.6. The van der Waals surface area contributed by atoms with E-state index in [0.29, 0.717) is 23.0 Å². The predicted molar refractivity (Wildman–Crippen MR) is 85.1 cm³/mol. The smallest absolute Gasteiger partial charge is 0.260 e. The average molecular weight is 334 g/mol. The van der Waals surface area contributed by atoms with Gasteiger partial charge in [0.25, 0.3) is 5.91 Å². The standard InChI is InChI=1S/C16H12F2N2O2S/c1-2-22-9-6-7-12-13(8-9)23-16(19-12)20-15(21)10-4-3-5-11(17)14(10)18/h3-8H,2H2,1H3,(H,19,20,21). The topological polar surface area (TPSA) is 51.2 Å². The molecular weight excluding hydrogens is 322 g/mol. The molecule has 2 aromatic carbocycles. The van der Waals surface area contributed by atoms with Gasteiger partial charge >= 0.3 is 0 Å². The Morgan fingerprint density at radius 1 is 1.30 bits per heavy atom. The number of thiazole rings is 1. The third kappa shape index (κ3) is 3.14. The Hall–Kier alpha value is -2.54. The first kappa shape index (κ1) is 15.4. The summed E-state index contributed by atoms with van der Waals surface area (Å²) in [5.41, 5.74) is 0.327. The zero-order valence-corrected chi connectivity index (χ0v) is 12.9. The first-order valence-electron chi connectivity index (χ1n) is 6.87. The number of carbonyl (C=O) groups is 1. The second kappa shape index (κ2) is 6.29. The largest absolute Gasteiger partial charge is 0.494 e. The van der Waals surface area contributed by atoms with Crippen LogP contribution in [0.25, 0.3) is 10.2 Å². The van der Waals surface area contributed by atoms with Gasteiger partial charge < -0.3 is 4.74 Å². The Kier molecular flexibility index (Phi) is 4.20. The third-order valence-electron chi connectivity index (χ3n) is 3.09. The molecule has 1 N–H and O–H groups in total. The van der Waals surface area contributed by atoms with Crippen LogP contribution >= 0.6 is 11.3 Å². The highest BCUT2D eigenvalue weighted by Crippen LogP contribution is 2.29. The van der Waals surface area contributed by atoms with Crippen molar-refractivity contribution in [2.24, 2.45) is 0 Å². The fourth-order valence-corrected chi connectivity index (χ4v) is 2.95. The molecule has 118 valence electrons. The van der Waals surface area contributed by atoms with Crippen LogP contribution in [0, 0.1) is 11.6 Å². The quantitative estimate of drug-likeness (QED) is 0.777.